The summed E-state index contributed by atoms with van der Waals surface area (Å²) in [7, 11) is 6.47. The van der Waals surface area contributed by atoms with Gasteiger partial charge in [-0.3, -0.25) is 4.79 Å². The highest BCUT2D eigenvalue weighted by Gasteiger charge is 2.15. The number of likely N-dealkylation sites (N-methyl/N-ethyl adjacent to an activating group) is 1. The van der Waals surface area contributed by atoms with Crippen molar-refractivity contribution in [3.63, 3.8) is 0 Å². The highest BCUT2D eigenvalue weighted by atomic mass is 79.9. The molecule has 0 fully saturated rings. The molecule has 0 saturated heterocycles. The minimum Gasteiger partial charge on any atom is -0.493 e. The van der Waals surface area contributed by atoms with E-state index < -0.39 is 5.82 Å². The van der Waals surface area contributed by atoms with E-state index in [0.717, 1.165) is 15.6 Å². The van der Waals surface area contributed by atoms with Crippen LogP contribution in [0.4, 0.5) is 9.18 Å². The molecule has 0 saturated carbocycles. The molecular weight excluding hydrogens is 581 g/mol. The molecule has 0 aliphatic heterocycles. The first-order valence-corrected chi connectivity index (χ1v) is 12.6. The van der Waals surface area contributed by atoms with Crippen LogP contribution >= 0.6 is 27.5 Å². The molecule has 38 heavy (non-hydrogen) atoms. The lowest BCUT2D eigenvalue weighted by atomic mass is 10.2. The first kappa shape index (κ1) is 29.1. The molecule has 0 radical (unpaired) electrons. The van der Waals surface area contributed by atoms with Crippen molar-refractivity contribution in [1.82, 2.24) is 15.1 Å². The van der Waals surface area contributed by atoms with Gasteiger partial charge in [0, 0.05) is 43.8 Å². The van der Waals surface area contributed by atoms with Gasteiger partial charge in [0.25, 0.3) is 5.91 Å². The maximum absolute atomic E-state index is 13.5. The monoisotopic (exact) mass is 607 g/mol. The molecule has 8 nitrogen and oxygen atoms in total. The zero-order valence-electron chi connectivity index (χ0n) is 21.4. The number of hydrogen-bond donors (Lipinski definition) is 1. The summed E-state index contributed by atoms with van der Waals surface area (Å²) < 4.78 is 31.2. The SMILES string of the molecule is COc1cc(CNC(=O)N(C)Cc2ccc(Br)cc2Oc2ccc(F)c(Cl)c2)ccc1OCC(=O)N(C)C. The van der Waals surface area contributed by atoms with Crippen LogP contribution in [0.5, 0.6) is 23.0 Å². The van der Waals surface area contributed by atoms with Crippen molar-refractivity contribution in [2.75, 3.05) is 34.9 Å². The number of methoxy groups -OCH3 is 1. The van der Waals surface area contributed by atoms with E-state index in [4.69, 9.17) is 25.8 Å². The average Bonchev–Trinajstić information content (AvgIpc) is 2.89. The van der Waals surface area contributed by atoms with Crippen molar-refractivity contribution in [3.05, 3.63) is 81.0 Å². The Bertz CT molecular complexity index is 1310. The molecule has 0 unspecified atom stereocenters. The predicted molar refractivity (Wildman–Crippen MR) is 147 cm³/mol. The van der Waals surface area contributed by atoms with Gasteiger partial charge in [-0.15, -0.1) is 0 Å². The Hall–Kier alpha value is -3.50. The topological polar surface area (TPSA) is 80.3 Å². The third-order valence-electron chi connectivity index (χ3n) is 5.42. The minimum atomic E-state index is -0.538. The van der Waals surface area contributed by atoms with E-state index in [1.165, 1.54) is 35.1 Å². The molecule has 3 aromatic carbocycles. The van der Waals surface area contributed by atoms with Crippen LogP contribution in [0.2, 0.25) is 5.02 Å². The molecule has 3 rings (SSSR count). The van der Waals surface area contributed by atoms with Crippen molar-refractivity contribution in [2.45, 2.75) is 13.1 Å². The van der Waals surface area contributed by atoms with Gasteiger partial charge in [0.05, 0.1) is 18.7 Å². The van der Waals surface area contributed by atoms with Crippen LogP contribution in [0.25, 0.3) is 0 Å². The highest BCUT2D eigenvalue weighted by molar-refractivity contribution is 9.10. The van der Waals surface area contributed by atoms with Crippen LogP contribution in [0.1, 0.15) is 11.1 Å². The number of nitrogens with one attached hydrogen (secondary N) is 1. The highest BCUT2D eigenvalue weighted by Crippen LogP contribution is 2.32. The zero-order chi connectivity index (χ0) is 27.8. The number of carbonyl (C=O) groups is 2. The van der Waals surface area contributed by atoms with Gasteiger partial charge in [0.2, 0.25) is 0 Å². The van der Waals surface area contributed by atoms with Crippen LogP contribution < -0.4 is 19.5 Å². The molecule has 3 aromatic rings. The summed E-state index contributed by atoms with van der Waals surface area (Å²) in [4.78, 5) is 27.5. The minimum absolute atomic E-state index is 0.0474. The van der Waals surface area contributed by atoms with E-state index in [1.807, 2.05) is 12.1 Å². The first-order chi connectivity index (χ1) is 18.1. The molecule has 0 heterocycles. The van der Waals surface area contributed by atoms with E-state index in [2.05, 4.69) is 21.2 Å². The van der Waals surface area contributed by atoms with Gasteiger partial charge in [-0.2, -0.15) is 0 Å². The van der Waals surface area contributed by atoms with E-state index in [9.17, 15) is 14.0 Å². The van der Waals surface area contributed by atoms with Crippen LogP contribution in [0.15, 0.2) is 59.1 Å². The van der Waals surface area contributed by atoms with Gasteiger partial charge in [-0.05, 0) is 42.0 Å². The second-order valence-electron chi connectivity index (χ2n) is 8.51. The van der Waals surface area contributed by atoms with Gasteiger partial charge in [-0.25, -0.2) is 9.18 Å². The standard InChI is InChI=1S/C27H28BrClFN3O5/c1-32(2)26(34)16-37-23-10-5-17(11-25(23)36-4)14-31-27(35)33(3)15-18-6-7-19(28)12-24(18)38-20-8-9-22(30)21(29)13-20/h5-13H,14-16H2,1-4H3,(H,31,35). The molecular formula is C27H28BrClFN3O5. The largest absolute Gasteiger partial charge is 0.493 e. The van der Waals surface area contributed by atoms with Gasteiger partial charge in [0.15, 0.2) is 18.1 Å². The van der Waals surface area contributed by atoms with Crippen LogP contribution in [0.3, 0.4) is 0 Å². The summed E-state index contributed by atoms with van der Waals surface area (Å²) >= 11 is 9.30. The van der Waals surface area contributed by atoms with Crippen LogP contribution in [-0.4, -0.2) is 56.6 Å². The fourth-order valence-corrected chi connectivity index (χ4v) is 3.78. The molecule has 0 atom stereocenters. The number of hydrogen-bond acceptors (Lipinski definition) is 5. The van der Waals surface area contributed by atoms with Crippen molar-refractivity contribution < 1.29 is 28.2 Å². The Morgan fingerprint density at radius 1 is 1.00 bits per heavy atom. The van der Waals surface area contributed by atoms with Gasteiger partial charge < -0.3 is 29.3 Å². The summed E-state index contributed by atoms with van der Waals surface area (Å²) in [5.74, 6) is 1.04. The molecule has 0 aromatic heterocycles. The van der Waals surface area contributed by atoms with Crippen molar-refractivity contribution in [2.24, 2.45) is 0 Å². The molecule has 11 heteroatoms. The number of benzene rings is 3. The average molecular weight is 609 g/mol. The molecule has 1 N–H and O–H groups in total. The number of rotatable bonds is 10. The Kier molecular flexibility index (Phi) is 10.2. The summed E-state index contributed by atoms with van der Waals surface area (Å²) in [5.41, 5.74) is 1.53. The fourth-order valence-electron chi connectivity index (χ4n) is 3.27. The van der Waals surface area contributed by atoms with Crippen molar-refractivity contribution >= 4 is 39.5 Å². The van der Waals surface area contributed by atoms with Crippen LogP contribution in [-0.2, 0) is 17.9 Å². The second-order valence-corrected chi connectivity index (χ2v) is 9.83. The number of carbonyl (C=O) groups excluding carboxylic acids is 2. The number of nitrogens with zero attached hydrogens (tertiary/aromatic N) is 2. The Morgan fingerprint density at radius 2 is 1.76 bits per heavy atom. The van der Waals surface area contributed by atoms with E-state index in [0.29, 0.717) is 23.0 Å². The number of amides is 3. The maximum Gasteiger partial charge on any atom is 0.317 e. The molecule has 202 valence electrons. The third-order valence-corrected chi connectivity index (χ3v) is 6.21. The number of halogens is 3. The lowest BCUT2D eigenvalue weighted by Crippen LogP contribution is -2.36. The fraction of sp³-hybridized carbons (Fsp3) is 0.259. The quantitative estimate of drug-likeness (QED) is 0.312. The van der Waals surface area contributed by atoms with Gasteiger partial charge >= 0.3 is 6.03 Å². The second kappa shape index (κ2) is 13.3. The molecule has 0 aliphatic carbocycles. The Balaban J connectivity index is 1.62. The lowest BCUT2D eigenvalue weighted by Gasteiger charge is -2.20. The third kappa shape index (κ3) is 8.00. The predicted octanol–water partition coefficient (Wildman–Crippen LogP) is 5.85. The Morgan fingerprint density at radius 3 is 2.45 bits per heavy atom. The van der Waals surface area contributed by atoms with Crippen LogP contribution in [0, 0.1) is 5.82 Å². The summed E-state index contributed by atoms with van der Waals surface area (Å²) in [6.07, 6.45) is 0. The summed E-state index contributed by atoms with van der Waals surface area (Å²) in [6.45, 7) is 0.383. The normalized spacial score (nSPS) is 10.5. The van der Waals surface area contributed by atoms with Gasteiger partial charge in [-0.1, -0.05) is 39.7 Å². The summed E-state index contributed by atoms with van der Waals surface area (Å²) in [5, 5.41) is 2.82. The molecule has 0 spiro atoms. The van der Waals surface area contributed by atoms with Crippen molar-refractivity contribution in [3.8, 4) is 23.0 Å². The van der Waals surface area contributed by atoms with Crippen molar-refractivity contribution in [1.29, 1.82) is 0 Å². The Labute approximate surface area is 234 Å². The van der Waals surface area contributed by atoms with E-state index in [-0.39, 0.29) is 36.7 Å². The number of ether oxygens (including phenoxy) is 3. The molecule has 3 amide bonds. The molecule has 0 aliphatic rings. The van der Waals surface area contributed by atoms with Gasteiger partial charge in [0.1, 0.15) is 17.3 Å². The van der Waals surface area contributed by atoms with E-state index >= 15 is 0 Å². The maximum atomic E-state index is 13.5. The molecule has 0 bridgehead atoms. The first-order valence-electron chi connectivity index (χ1n) is 11.5. The number of urea groups is 1. The van der Waals surface area contributed by atoms with E-state index in [1.54, 1.807) is 45.4 Å². The lowest BCUT2D eigenvalue weighted by molar-refractivity contribution is -0.130. The summed E-state index contributed by atoms with van der Waals surface area (Å²) in [6, 6.07) is 14.4. The zero-order valence-corrected chi connectivity index (χ0v) is 23.7. The smallest absolute Gasteiger partial charge is 0.317 e.